The largest absolute Gasteiger partial charge is 0.457 e. The van der Waals surface area contributed by atoms with Gasteiger partial charge >= 0.3 is 0 Å². The van der Waals surface area contributed by atoms with E-state index in [1.807, 2.05) is 60.7 Å². The van der Waals surface area contributed by atoms with Crippen LogP contribution in [-0.2, 0) is 11.8 Å². The van der Waals surface area contributed by atoms with Gasteiger partial charge in [-0.2, -0.15) is 0 Å². The fraction of sp³-hybridized carbons (Fsp3) is 0.231. The van der Waals surface area contributed by atoms with E-state index in [0.717, 1.165) is 47.8 Å². The van der Waals surface area contributed by atoms with Crippen molar-refractivity contribution >= 4 is 0 Å². The quantitative estimate of drug-likeness (QED) is 0.459. The Kier molecular flexibility index (Phi) is 5.44. The Morgan fingerprint density at radius 3 is 2.55 bits per heavy atom. The van der Waals surface area contributed by atoms with Gasteiger partial charge in [0.05, 0.1) is 5.41 Å². The van der Waals surface area contributed by atoms with Crippen LogP contribution in [0.2, 0.25) is 0 Å². The predicted molar refractivity (Wildman–Crippen MR) is 115 cm³/mol. The monoisotopic (exact) mass is 384 g/mol. The summed E-state index contributed by atoms with van der Waals surface area (Å²) in [5, 5.41) is 0. The van der Waals surface area contributed by atoms with E-state index in [9.17, 15) is 0 Å². The summed E-state index contributed by atoms with van der Waals surface area (Å²) in [4.78, 5) is 0. The lowest BCUT2D eigenvalue weighted by atomic mass is 9.78. The third-order valence-corrected chi connectivity index (χ3v) is 5.35. The van der Waals surface area contributed by atoms with Gasteiger partial charge in [-0.25, -0.2) is 0 Å². The highest BCUT2D eigenvalue weighted by Gasteiger charge is 2.26. The van der Waals surface area contributed by atoms with E-state index in [-0.39, 0.29) is 12.2 Å². The molecule has 0 amide bonds. The SMILES string of the molecule is C#CC(C)(CCCc1cccc(Oc2ccccc2)c1)c1ccc2c(c1)OCO2. The molecule has 0 bridgehead atoms. The Labute approximate surface area is 172 Å². The zero-order chi connectivity index (χ0) is 20.1. The molecule has 0 aliphatic carbocycles. The minimum absolute atomic E-state index is 0.271. The molecular formula is C26H24O3. The summed E-state index contributed by atoms with van der Waals surface area (Å²) >= 11 is 0. The second kappa shape index (κ2) is 8.32. The van der Waals surface area contributed by atoms with E-state index in [1.54, 1.807) is 0 Å². The van der Waals surface area contributed by atoms with E-state index < -0.39 is 0 Å². The number of ether oxygens (including phenoxy) is 3. The van der Waals surface area contributed by atoms with Gasteiger partial charge in [-0.15, -0.1) is 6.42 Å². The normalized spacial score (nSPS) is 14.1. The Morgan fingerprint density at radius 2 is 1.72 bits per heavy atom. The average Bonchev–Trinajstić information content (AvgIpc) is 3.22. The highest BCUT2D eigenvalue weighted by atomic mass is 16.7. The number of hydrogen-bond donors (Lipinski definition) is 0. The molecule has 0 spiro atoms. The van der Waals surface area contributed by atoms with Crippen molar-refractivity contribution in [2.75, 3.05) is 6.79 Å². The maximum absolute atomic E-state index is 5.94. The van der Waals surface area contributed by atoms with Gasteiger partial charge in [0.2, 0.25) is 6.79 Å². The molecule has 0 saturated heterocycles. The van der Waals surface area contributed by atoms with Crippen LogP contribution in [0.5, 0.6) is 23.0 Å². The standard InChI is InChI=1S/C26H24O3/c1-3-26(2,21-14-15-24-25(18-21)28-19-27-24)16-8-10-20-9-7-13-23(17-20)29-22-11-5-4-6-12-22/h1,4-7,9,11-15,17-18H,8,10,16,19H2,2H3. The Hall–Kier alpha value is -3.38. The lowest BCUT2D eigenvalue weighted by molar-refractivity contribution is 0.174. The summed E-state index contributed by atoms with van der Waals surface area (Å²) in [6.07, 6.45) is 8.73. The van der Waals surface area contributed by atoms with Crippen LogP contribution in [0.3, 0.4) is 0 Å². The van der Waals surface area contributed by atoms with Gasteiger partial charge in [-0.05, 0) is 73.7 Å². The molecule has 29 heavy (non-hydrogen) atoms. The van der Waals surface area contributed by atoms with Gasteiger partial charge < -0.3 is 14.2 Å². The first kappa shape index (κ1) is 19.0. The molecule has 1 heterocycles. The van der Waals surface area contributed by atoms with Crippen LogP contribution in [0, 0.1) is 12.3 Å². The van der Waals surface area contributed by atoms with Crippen molar-refractivity contribution in [3.63, 3.8) is 0 Å². The lowest BCUT2D eigenvalue weighted by Crippen LogP contribution is -2.19. The third-order valence-electron chi connectivity index (χ3n) is 5.35. The van der Waals surface area contributed by atoms with Crippen LogP contribution in [0.15, 0.2) is 72.8 Å². The Balaban J connectivity index is 1.40. The molecule has 3 heteroatoms. The molecule has 1 aliphatic rings. The fourth-order valence-corrected chi connectivity index (χ4v) is 3.57. The summed E-state index contributed by atoms with van der Waals surface area (Å²) < 4.78 is 16.9. The number of fused-ring (bicyclic) bond motifs is 1. The second-order valence-corrected chi connectivity index (χ2v) is 7.46. The number of para-hydroxylation sites is 1. The van der Waals surface area contributed by atoms with E-state index >= 15 is 0 Å². The number of terminal acetylenes is 1. The second-order valence-electron chi connectivity index (χ2n) is 7.46. The van der Waals surface area contributed by atoms with Gasteiger partial charge in [0, 0.05) is 0 Å². The molecule has 1 aliphatic heterocycles. The predicted octanol–water partition coefficient (Wildman–Crippen LogP) is 6.12. The van der Waals surface area contributed by atoms with Gasteiger partial charge in [0.1, 0.15) is 11.5 Å². The van der Waals surface area contributed by atoms with Crippen molar-refractivity contribution in [3.05, 3.63) is 83.9 Å². The fourth-order valence-electron chi connectivity index (χ4n) is 3.57. The van der Waals surface area contributed by atoms with E-state index in [2.05, 4.69) is 25.0 Å². The van der Waals surface area contributed by atoms with Crippen LogP contribution < -0.4 is 14.2 Å². The van der Waals surface area contributed by atoms with Crippen molar-refractivity contribution in [2.24, 2.45) is 0 Å². The maximum atomic E-state index is 5.94. The topological polar surface area (TPSA) is 27.7 Å². The first-order valence-corrected chi connectivity index (χ1v) is 9.86. The van der Waals surface area contributed by atoms with Crippen molar-refractivity contribution in [1.29, 1.82) is 0 Å². The van der Waals surface area contributed by atoms with E-state index in [0.29, 0.717) is 0 Å². The first-order valence-electron chi connectivity index (χ1n) is 9.86. The number of benzene rings is 3. The molecule has 0 saturated carbocycles. The Bertz CT molecular complexity index is 1020. The summed E-state index contributed by atoms with van der Waals surface area (Å²) in [5.74, 6) is 6.24. The summed E-state index contributed by atoms with van der Waals surface area (Å²) in [6.45, 7) is 2.38. The van der Waals surface area contributed by atoms with Crippen LogP contribution in [0.25, 0.3) is 0 Å². The first-order chi connectivity index (χ1) is 14.2. The van der Waals surface area contributed by atoms with Crippen molar-refractivity contribution in [3.8, 4) is 35.3 Å². The molecule has 146 valence electrons. The minimum Gasteiger partial charge on any atom is -0.457 e. The van der Waals surface area contributed by atoms with Crippen molar-refractivity contribution < 1.29 is 14.2 Å². The highest BCUT2D eigenvalue weighted by Crippen LogP contribution is 2.38. The third kappa shape index (κ3) is 4.38. The molecular weight excluding hydrogens is 360 g/mol. The minimum atomic E-state index is -0.348. The number of hydrogen-bond acceptors (Lipinski definition) is 3. The average molecular weight is 384 g/mol. The molecule has 0 aromatic heterocycles. The molecule has 3 aromatic carbocycles. The van der Waals surface area contributed by atoms with Gasteiger partial charge in [-0.3, -0.25) is 0 Å². The van der Waals surface area contributed by atoms with Crippen LogP contribution in [0.4, 0.5) is 0 Å². The molecule has 0 fully saturated rings. The van der Waals surface area contributed by atoms with Gasteiger partial charge in [0.25, 0.3) is 0 Å². The van der Waals surface area contributed by atoms with Gasteiger partial charge in [0.15, 0.2) is 11.5 Å². The molecule has 1 unspecified atom stereocenters. The molecule has 1 atom stereocenters. The number of rotatable bonds is 7. The van der Waals surface area contributed by atoms with E-state index in [1.165, 1.54) is 5.56 Å². The number of aryl methyl sites for hydroxylation is 1. The van der Waals surface area contributed by atoms with Crippen LogP contribution in [0.1, 0.15) is 30.9 Å². The van der Waals surface area contributed by atoms with Crippen LogP contribution >= 0.6 is 0 Å². The maximum Gasteiger partial charge on any atom is 0.231 e. The Morgan fingerprint density at radius 1 is 0.931 bits per heavy atom. The van der Waals surface area contributed by atoms with Crippen molar-refractivity contribution in [1.82, 2.24) is 0 Å². The summed E-state index contributed by atoms with van der Waals surface area (Å²) in [7, 11) is 0. The van der Waals surface area contributed by atoms with Crippen molar-refractivity contribution in [2.45, 2.75) is 31.6 Å². The van der Waals surface area contributed by atoms with Gasteiger partial charge in [-0.1, -0.05) is 42.3 Å². The zero-order valence-corrected chi connectivity index (χ0v) is 16.6. The van der Waals surface area contributed by atoms with E-state index in [4.69, 9.17) is 20.6 Å². The smallest absolute Gasteiger partial charge is 0.231 e. The molecule has 4 rings (SSSR count). The summed E-state index contributed by atoms with van der Waals surface area (Å²) in [5.41, 5.74) is 1.98. The van der Waals surface area contributed by atoms with Crippen LogP contribution in [-0.4, -0.2) is 6.79 Å². The molecule has 3 aromatic rings. The summed E-state index contributed by atoms with van der Waals surface area (Å²) in [6, 6.07) is 24.1. The molecule has 0 radical (unpaired) electrons. The molecule has 3 nitrogen and oxygen atoms in total. The lowest BCUT2D eigenvalue weighted by Gasteiger charge is -2.24. The molecule has 0 N–H and O–H groups in total. The zero-order valence-electron chi connectivity index (χ0n) is 16.6. The highest BCUT2D eigenvalue weighted by molar-refractivity contribution is 5.48.